The van der Waals surface area contributed by atoms with E-state index in [9.17, 15) is 9.59 Å². The predicted molar refractivity (Wildman–Crippen MR) is 104 cm³/mol. The molecule has 0 bridgehead atoms. The lowest BCUT2D eigenvalue weighted by molar-refractivity contribution is -0.119. The highest BCUT2D eigenvalue weighted by atomic mass is 35.5. The molecule has 3 aromatic rings. The maximum absolute atomic E-state index is 12.0. The molecule has 0 aliphatic rings. The Kier molecular flexibility index (Phi) is 6.10. The molecule has 0 fully saturated rings. The van der Waals surface area contributed by atoms with E-state index in [2.05, 4.69) is 21.0 Å². The fourth-order valence-corrected chi connectivity index (χ4v) is 3.20. The Morgan fingerprint density at radius 1 is 1.04 bits per heavy atom. The van der Waals surface area contributed by atoms with Crippen LogP contribution in [0.5, 0.6) is 0 Å². The molecule has 27 heavy (non-hydrogen) atoms. The lowest BCUT2D eigenvalue weighted by atomic mass is 10.2. The summed E-state index contributed by atoms with van der Waals surface area (Å²) in [4.78, 5) is 23.9. The van der Waals surface area contributed by atoms with Gasteiger partial charge in [-0.3, -0.25) is 20.4 Å². The van der Waals surface area contributed by atoms with Crippen LogP contribution in [0.4, 0.5) is 0 Å². The second kappa shape index (κ2) is 8.70. The molecule has 0 aliphatic heterocycles. The Labute approximate surface area is 165 Å². The quantitative estimate of drug-likeness (QED) is 0.507. The molecule has 0 unspecified atom stereocenters. The maximum Gasteiger partial charge on any atom is 0.269 e. The SMILES string of the molecule is Cn1c(SCC(=O)NNC(=O)c2ccccc2)nnc1-c1ccccc1Cl. The fraction of sp³-hybridized carbons (Fsp3) is 0.111. The first kappa shape index (κ1) is 18.9. The molecular formula is C18H16ClN5O2S. The van der Waals surface area contributed by atoms with Gasteiger partial charge in [0.05, 0.1) is 10.8 Å². The van der Waals surface area contributed by atoms with Gasteiger partial charge in [0.2, 0.25) is 5.91 Å². The van der Waals surface area contributed by atoms with Crippen LogP contribution in [-0.4, -0.2) is 32.3 Å². The standard InChI is InChI=1S/C18H16ClN5O2S/c1-24-16(13-9-5-6-10-14(13)19)21-23-18(24)27-11-15(25)20-22-17(26)12-7-3-2-4-8-12/h2-10H,11H2,1H3,(H,20,25)(H,22,26). The van der Waals surface area contributed by atoms with Crippen LogP contribution in [0, 0.1) is 0 Å². The second-order valence-electron chi connectivity index (χ2n) is 5.50. The minimum atomic E-state index is -0.381. The van der Waals surface area contributed by atoms with Gasteiger partial charge in [-0.15, -0.1) is 10.2 Å². The zero-order chi connectivity index (χ0) is 19.2. The zero-order valence-corrected chi connectivity index (χ0v) is 15.9. The molecule has 0 atom stereocenters. The van der Waals surface area contributed by atoms with Crippen LogP contribution in [0.3, 0.4) is 0 Å². The van der Waals surface area contributed by atoms with Crippen molar-refractivity contribution in [1.82, 2.24) is 25.6 Å². The summed E-state index contributed by atoms with van der Waals surface area (Å²) < 4.78 is 1.77. The molecule has 0 saturated carbocycles. The monoisotopic (exact) mass is 401 g/mol. The average molecular weight is 402 g/mol. The molecule has 7 nitrogen and oxygen atoms in total. The summed E-state index contributed by atoms with van der Waals surface area (Å²) in [6.45, 7) is 0. The van der Waals surface area contributed by atoms with Crippen LogP contribution in [0.2, 0.25) is 5.02 Å². The Morgan fingerprint density at radius 2 is 1.74 bits per heavy atom. The van der Waals surface area contributed by atoms with E-state index in [0.29, 0.717) is 21.6 Å². The molecule has 138 valence electrons. The summed E-state index contributed by atoms with van der Waals surface area (Å²) in [5.74, 6) is -0.0510. The van der Waals surface area contributed by atoms with Crippen molar-refractivity contribution >= 4 is 35.2 Å². The van der Waals surface area contributed by atoms with Gasteiger partial charge in [-0.05, 0) is 24.3 Å². The molecule has 3 rings (SSSR count). The summed E-state index contributed by atoms with van der Waals surface area (Å²) in [5.41, 5.74) is 5.98. The van der Waals surface area contributed by atoms with Gasteiger partial charge < -0.3 is 4.57 Å². The molecule has 0 aliphatic carbocycles. The van der Waals surface area contributed by atoms with Crippen molar-refractivity contribution in [3.8, 4) is 11.4 Å². The lowest BCUT2D eigenvalue weighted by Gasteiger charge is -2.07. The van der Waals surface area contributed by atoms with E-state index in [-0.39, 0.29) is 17.6 Å². The summed E-state index contributed by atoms with van der Waals surface area (Å²) in [6.07, 6.45) is 0. The zero-order valence-electron chi connectivity index (χ0n) is 14.3. The number of hydrazine groups is 1. The molecule has 1 aromatic heterocycles. The maximum atomic E-state index is 12.0. The van der Waals surface area contributed by atoms with Crippen molar-refractivity contribution in [3.05, 3.63) is 65.2 Å². The highest BCUT2D eigenvalue weighted by Gasteiger charge is 2.15. The van der Waals surface area contributed by atoms with Gasteiger partial charge in [-0.1, -0.05) is 53.7 Å². The van der Waals surface area contributed by atoms with Crippen molar-refractivity contribution in [3.63, 3.8) is 0 Å². The second-order valence-corrected chi connectivity index (χ2v) is 6.85. The first-order valence-electron chi connectivity index (χ1n) is 7.97. The third-order valence-electron chi connectivity index (χ3n) is 3.63. The van der Waals surface area contributed by atoms with E-state index in [1.807, 2.05) is 24.3 Å². The first-order valence-corrected chi connectivity index (χ1v) is 9.34. The van der Waals surface area contributed by atoms with E-state index < -0.39 is 0 Å². The van der Waals surface area contributed by atoms with Crippen LogP contribution in [0.25, 0.3) is 11.4 Å². The minimum Gasteiger partial charge on any atom is -0.305 e. The predicted octanol–water partition coefficient (Wildman–Crippen LogP) is 2.69. The van der Waals surface area contributed by atoms with Gasteiger partial charge in [0, 0.05) is 18.2 Å². The van der Waals surface area contributed by atoms with Crippen molar-refractivity contribution in [2.75, 3.05) is 5.75 Å². The van der Waals surface area contributed by atoms with Gasteiger partial charge in [-0.25, -0.2) is 0 Å². The number of carbonyl (C=O) groups excluding carboxylic acids is 2. The number of rotatable bonds is 5. The van der Waals surface area contributed by atoms with E-state index in [1.54, 1.807) is 41.9 Å². The van der Waals surface area contributed by atoms with E-state index in [1.165, 1.54) is 11.8 Å². The number of benzene rings is 2. The van der Waals surface area contributed by atoms with Crippen LogP contribution in [0.1, 0.15) is 10.4 Å². The number of carbonyl (C=O) groups is 2. The smallest absolute Gasteiger partial charge is 0.269 e. The van der Waals surface area contributed by atoms with Gasteiger partial charge in [-0.2, -0.15) is 0 Å². The Hall–Kier alpha value is -2.84. The molecule has 0 saturated heterocycles. The van der Waals surface area contributed by atoms with Crippen LogP contribution in [-0.2, 0) is 11.8 Å². The van der Waals surface area contributed by atoms with Crippen LogP contribution < -0.4 is 10.9 Å². The Morgan fingerprint density at radius 3 is 2.48 bits per heavy atom. The van der Waals surface area contributed by atoms with Crippen LogP contribution >= 0.6 is 23.4 Å². The van der Waals surface area contributed by atoms with Crippen molar-refractivity contribution in [1.29, 1.82) is 0 Å². The number of thioether (sulfide) groups is 1. The molecule has 9 heteroatoms. The normalized spacial score (nSPS) is 10.4. The minimum absolute atomic E-state index is 0.0730. The number of hydrogen-bond donors (Lipinski definition) is 2. The highest BCUT2D eigenvalue weighted by molar-refractivity contribution is 7.99. The summed E-state index contributed by atoms with van der Waals surface area (Å²) in [6, 6.07) is 16.0. The van der Waals surface area contributed by atoms with E-state index >= 15 is 0 Å². The largest absolute Gasteiger partial charge is 0.305 e. The number of nitrogens with zero attached hydrogens (tertiary/aromatic N) is 3. The average Bonchev–Trinajstić information content (AvgIpc) is 3.06. The fourth-order valence-electron chi connectivity index (χ4n) is 2.27. The third-order valence-corrected chi connectivity index (χ3v) is 4.98. The van der Waals surface area contributed by atoms with Crippen molar-refractivity contribution in [2.24, 2.45) is 7.05 Å². The van der Waals surface area contributed by atoms with Gasteiger partial charge in [0.1, 0.15) is 0 Å². The van der Waals surface area contributed by atoms with Gasteiger partial charge in [0.15, 0.2) is 11.0 Å². The Bertz CT molecular complexity index is 961. The van der Waals surface area contributed by atoms with E-state index in [4.69, 9.17) is 11.6 Å². The summed E-state index contributed by atoms with van der Waals surface area (Å²) in [7, 11) is 1.80. The number of aromatic nitrogens is 3. The molecule has 1 heterocycles. The molecule has 0 spiro atoms. The summed E-state index contributed by atoms with van der Waals surface area (Å²) >= 11 is 7.40. The number of amides is 2. The molecule has 2 N–H and O–H groups in total. The lowest BCUT2D eigenvalue weighted by Crippen LogP contribution is -2.42. The van der Waals surface area contributed by atoms with Gasteiger partial charge in [0.25, 0.3) is 5.91 Å². The highest BCUT2D eigenvalue weighted by Crippen LogP contribution is 2.28. The molecule has 0 radical (unpaired) electrons. The number of hydrogen-bond acceptors (Lipinski definition) is 5. The Balaban J connectivity index is 1.55. The molecular weight excluding hydrogens is 386 g/mol. The van der Waals surface area contributed by atoms with Crippen LogP contribution in [0.15, 0.2) is 59.8 Å². The van der Waals surface area contributed by atoms with Crippen molar-refractivity contribution < 1.29 is 9.59 Å². The third kappa shape index (κ3) is 4.66. The van der Waals surface area contributed by atoms with Crippen molar-refractivity contribution in [2.45, 2.75) is 5.16 Å². The molecule has 2 amide bonds. The summed E-state index contributed by atoms with van der Waals surface area (Å²) in [5, 5.41) is 9.38. The van der Waals surface area contributed by atoms with E-state index in [0.717, 1.165) is 5.56 Å². The first-order chi connectivity index (χ1) is 13.1. The molecule has 2 aromatic carbocycles. The number of nitrogens with one attached hydrogen (secondary N) is 2. The number of halogens is 1. The van der Waals surface area contributed by atoms with Gasteiger partial charge >= 0.3 is 0 Å². The topological polar surface area (TPSA) is 88.9 Å².